The molecule has 0 fully saturated rings. The van der Waals surface area contributed by atoms with E-state index in [1.807, 2.05) is 13.0 Å². The van der Waals surface area contributed by atoms with E-state index in [0.717, 1.165) is 4.88 Å². The molecular weight excluding hydrogens is 266 g/mol. The van der Waals surface area contributed by atoms with Gasteiger partial charge in [0.1, 0.15) is 0 Å². The van der Waals surface area contributed by atoms with Gasteiger partial charge in [-0.2, -0.15) is 0 Å². The van der Waals surface area contributed by atoms with Crippen molar-refractivity contribution in [1.29, 1.82) is 0 Å². The number of nitrogens with one attached hydrogen (secondary N) is 1. The number of thiophene rings is 1. The van der Waals surface area contributed by atoms with Crippen LogP contribution in [-0.4, -0.2) is 16.1 Å². The molecule has 0 aliphatic heterocycles. The minimum atomic E-state index is -0.271. The first-order valence-electron chi connectivity index (χ1n) is 5.47. The van der Waals surface area contributed by atoms with Crippen LogP contribution >= 0.6 is 11.3 Å². The number of rotatable bonds is 3. The number of carbonyl (C=O) groups excluding carboxylic acids is 1. The summed E-state index contributed by atoms with van der Waals surface area (Å²) in [6, 6.07) is 7.08. The molecule has 3 aromatic heterocycles. The van der Waals surface area contributed by atoms with Gasteiger partial charge in [0.15, 0.2) is 5.76 Å². The second-order valence-electron chi connectivity index (χ2n) is 3.75. The highest BCUT2D eigenvalue weighted by Gasteiger charge is 2.14. The van der Waals surface area contributed by atoms with Crippen LogP contribution in [0.4, 0.5) is 6.01 Å². The average Bonchev–Trinajstić information content (AvgIpc) is 3.07. The van der Waals surface area contributed by atoms with Gasteiger partial charge in [-0.1, -0.05) is 5.10 Å². The molecule has 7 heteroatoms. The second kappa shape index (κ2) is 4.69. The lowest BCUT2D eigenvalue weighted by atomic mass is 10.4. The van der Waals surface area contributed by atoms with Gasteiger partial charge in [0, 0.05) is 4.88 Å². The summed E-state index contributed by atoms with van der Waals surface area (Å²) in [7, 11) is 0. The van der Waals surface area contributed by atoms with Gasteiger partial charge in [-0.25, -0.2) is 0 Å². The Labute approximate surface area is 112 Å². The van der Waals surface area contributed by atoms with E-state index in [0.29, 0.717) is 10.6 Å². The molecule has 1 amide bonds. The van der Waals surface area contributed by atoms with E-state index >= 15 is 0 Å². The molecule has 19 heavy (non-hydrogen) atoms. The molecule has 0 aliphatic rings. The fourth-order valence-electron chi connectivity index (χ4n) is 1.49. The molecule has 0 saturated heterocycles. The Kier molecular flexibility index (Phi) is 2.88. The first-order valence-corrected chi connectivity index (χ1v) is 6.29. The number of nitrogens with zero attached hydrogens (tertiary/aromatic N) is 2. The van der Waals surface area contributed by atoms with Crippen molar-refractivity contribution < 1.29 is 13.6 Å². The van der Waals surface area contributed by atoms with Crippen LogP contribution in [0.5, 0.6) is 0 Å². The van der Waals surface area contributed by atoms with Crippen molar-refractivity contribution in [1.82, 2.24) is 10.2 Å². The largest absolute Gasteiger partial charge is 0.459 e. The maximum Gasteiger partial charge on any atom is 0.322 e. The van der Waals surface area contributed by atoms with Crippen LogP contribution in [0.3, 0.4) is 0 Å². The Morgan fingerprint density at radius 1 is 1.32 bits per heavy atom. The number of aromatic nitrogens is 2. The zero-order chi connectivity index (χ0) is 13.2. The number of anilines is 1. The molecule has 0 aliphatic carbocycles. The van der Waals surface area contributed by atoms with Gasteiger partial charge in [0.25, 0.3) is 11.8 Å². The highest BCUT2D eigenvalue weighted by Crippen LogP contribution is 2.21. The fraction of sp³-hybridized carbons (Fsp3) is 0.0833. The molecule has 0 spiro atoms. The lowest BCUT2D eigenvalue weighted by Gasteiger charge is -1.95. The van der Waals surface area contributed by atoms with Crippen molar-refractivity contribution in [2.75, 3.05) is 5.32 Å². The summed E-state index contributed by atoms with van der Waals surface area (Å²) in [5.74, 6) is 0.412. The van der Waals surface area contributed by atoms with Gasteiger partial charge in [0.2, 0.25) is 0 Å². The number of furan rings is 1. The van der Waals surface area contributed by atoms with Crippen LogP contribution in [0.15, 0.2) is 39.4 Å². The first-order chi connectivity index (χ1) is 9.22. The Hall–Kier alpha value is -2.41. The van der Waals surface area contributed by atoms with Gasteiger partial charge in [-0.15, -0.1) is 16.4 Å². The lowest BCUT2D eigenvalue weighted by molar-refractivity contribution is 0.102. The van der Waals surface area contributed by atoms with E-state index in [2.05, 4.69) is 15.5 Å². The second-order valence-corrected chi connectivity index (χ2v) is 5.04. The molecule has 0 radical (unpaired) electrons. The van der Waals surface area contributed by atoms with Gasteiger partial charge in [-0.3, -0.25) is 10.1 Å². The molecule has 3 aromatic rings. The monoisotopic (exact) mass is 275 g/mol. The number of amides is 1. The third-order valence-corrected chi connectivity index (χ3v) is 3.34. The standard InChI is InChI=1S/C12H9N3O3S/c1-7-4-5-9(19-7)10(16)13-12-15-14-11(18-12)8-3-2-6-17-8/h2-6H,1H3,(H,13,15,16). The van der Waals surface area contributed by atoms with E-state index in [4.69, 9.17) is 8.83 Å². The topological polar surface area (TPSA) is 81.2 Å². The Morgan fingerprint density at radius 3 is 2.89 bits per heavy atom. The maximum atomic E-state index is 11.9. The van der Waals surface area contributed by atoms with Crippen LogP contribution in [0.2, 0.25) is 0 Å². The molecule has 3 heterocycles. The van der Waals surface area contributed by atoms with Gasteiger partial charge in [0.05, 0.1) is 11.1 Å². The number of aryl methyl sites for hydroxylation is 1. The van der Waals surface area contributed by atoms with Crippen molar-refractivity contribution in [2.45, 2.75) is 6.92 Å². The molecule has 96 valence electrons. The number of hydrogen-bond acceptors (Lipinski definition) is 6. The van der Waals surface area contributed by atoms with E-state index in [-0.39, 0.29) is 17.8 Å². The Bertz CT molecular complexity index is 699. The lowest BCUT2D eigenvalue weighted by Crippen LogP contribution is -2.10. The Morgan fingerprint density at radius 2 is 2.21 bits per heavy atom. The molecule has 0 saturated carbocycles. The predicted molar refractivity (Wildman–Crippen MR) is 69.0 cm³/mol. The maximum absolute atomic E-state index is 11.9. The molecule has 1 N–H and O–H groups in total. The summed E-state index contributed by atoms with van der Waals surface area (Å²) in [4.78, 5) is 13.5. The van der Waals surface area contributed by atoms with Crippen LogP contribution < -0.4 is 5.32 Å². The number of carbonyl (C=O) groups is 1. The van der Waals surface area contributed by atoms with E-state index in [1.54, 1.807) is 18.2 Å². The molecular formula is C12H9N3O3S. The minimum Gasteiger partial charge on any atom is -0.459 e. The highest BCUT2D eigenvalue weighted by molar-refractivity contribution is 7.14. The van der Waals surface area contributed by atoms with E-state index in [1.165, 1.54) is 17.6 Å². The van der Waals surface area contributed by atoms with E-state index in [9.17, 15) is 4.79 Å². The number of hydrogen-bond donors (Lipinski definition) is 1. The van der Waals surface area contributed by atoms with Crippen LogP contribution in [0, 0.1) is 6.92 Å². The summed E-state index contributed by atoms with van der Waals surface area (Å²) < 4.78 is 10.4. The zero-order valence-corrected chi connectivity index (χ0v) is 10.7. The molecule has 0 aromatic carbocycles. The smallest absolute Gasteiger partial charge is 0.322 e. The third-order valence-electron chi connectivity index (χ3n) is 2.34. The first kappa shape index (κ1) is 11.7. The summed E-state index contributed by atoms with van der Waals surface area (Å²) >= 11 is 1.40. The van der Waals surface area contributed by atoms with Crippen LogP contribution in [-0.2, 0) is 0 Å². The predicted octanol–water partition coefficient (Wildman–Crippen LogP) is 2.95. The van der Waals surface area contributed by atoms with Crippen molar-refractivity contribution in [2.24, 2.45) is 0 Å². The third kappa shape index (κ3) is 2.41. The molecule has 0 atom stereocenters. The van der Waals surface area contributed by atoms with Gasteiger partial charge in [-0.05, 0) is 31.2 Å². The summed E-state index contributed by atoms with van der Waals surface area (Å²) in [6.07, 6.45) is 1.51. The van der Waals surface area contributed by atoms with Crippen molar-refractivity contribution >= 4 is 23.3 Å². The molecule has 0 bridgehead atoms. The molecule has 0 unspecified atom stereocenters. The minimum absolute atomic E-state index is 0.0439. The normalized spacial score (nSPS) is 10.6. The van der Waals surface area contributed by atoms with Gasteiger partial charge >= 0.3 is 6.01 Å². The quantitative estimate of drug-likeness (QED) is 0.794. The SMILES string of the molecule is Cc1ccc(C(=O)Nc2nnc(-c3ccco3)o2)s1. The highest BCUT2D eigenvalue weighted by atomic mass is 32.1. The van der Waals surface area contributed by atoms with Gasteiger partial charge < -0.3 is 8.83 Å². The zero-order valence-electron chi connectivity index (χ0n) is 9.91. The summed E-state index contributed by atoms with van der Waals surface area (Å²) in [6.45, 7) is 1.93. The fourth-order valence-corrected chi connectivity index (χ4v) is 2.25. The average molecular weight is 275 g/mol. The van der Waals surface area contributed by atoms with Crippen LogP contribution in [0.25, 0.3) is 11.7 Å². The Balaban J connectivity index is 1.76. The molecule has 3 rings (SSSR count). The van der Waals surface area contributed by atoms with Crippen molar-refractivity contribution in [3.63, 3.8) is 0 Å². The van der Waals surface area contributed by atoms with E-state index < -0.39 is 0 Å². The summed E-state index contributed by atoms with van der Waals surface area (Å²) in [5, 5.41) is 10.1. The van der Waals surface area contributed by atoms with Crippen molar-refractivity contribution in [3.8, 4) is 11.7 Å². The van der Waals surface area contributed by atoms with Crippen molar-refractivity contribution in [3.05, 3.63) is 40.3 Å². The van der Waals surface area contributed by atoms with Crippen LogP contribution in [0.1, 0.15) is 14.5 Å². The molecule has 6 nitrogen and oxygen atoms in total. The summed E-state index contributed by atoms with van der Waals surface area (Å²) in [5.41, 5.74) is 0.